The molecule has 1 atom stereocenters. The molecule has 2 aliphatic rings. The smallest absolute Gasteiger partial charge is 0.251 e. The lowest BCUT2D eigenvalue weighted by atomic mass is 9.95. The fourth-order valence-electron chi connectivity index (χ4n) is 4.10. The molecule has 32 heavy (non-hydrogen) atoms. The highest BCUT2D eigenvalue weighted by Gasteiger charge is 2.38. The van der Waals surface area contributed by atoms with Crippen molar-refractivity contribution in [1.29, 1.82) is 0 Å². The summed E-state index contributed by atoms with van der Waals surface area (Å²) in [6.07, 6.45) is 3.07. The molecular formula is C24H23ClFN3O3. The van der Waals surface area contributed by atoms with Crippen LogP contribution < -0.4 is 5.73 Å². The number of primary amides is 1. The Hall–Kier alpha value is -3.19. The van der Waals surface area contributed by atoms with Crippen LogP contribution in [0.1, 0.15) is 34.8 Å². The molecule has 2 N–H and O–H groups in total. The largest absolute Gasteiger partial charge is 0.366 e. The van der Waals surface area contributed by atoms with Gasteiger partial charge in [-0.3, -0.25) is 14.4 Å². The van der Waals surface area contributed by atoms with Gasteiger partial charge in [0.15, 0.2) is 0 Å². The molecule has 2 aromatic carbocycles. The van der Waals surface area contributed by atoms with E-state index in [0.717, 1.165) is 18.4 Å². The molecule has 3 amide bonds. The van der Waals surface area contributed by atoms with Crippen molar-refractivity contribution in [2.75, 3.05) is 19.6 Å². The average molecular weight is 456 g/mol. The number of amides is 3. The highest BCUT2D eigenvalue weighted by molar-refractivity contribution is 6.31. The normalized spacial score (nSPS) is 18.4. The fourth-order valence-corrected chi connectivity index (χ4v) is 4.35. The van der Waals surface area contributed by atoms with Crippen molar-refractivity contribution in [3.8, 4) is 11.1 Å². The van der Waals surface area contributed by atoms with Gasteiger partial charge in [0.1, 0.15) is 5.82 Å². The van der Waals surface area contributed by atoms with Crippen LogP contribution >= 0.6 is 11.6 Å². The predicted molar refractivity (Wildman–Crippen MR) is 119 cm³/mol. The summed E-state index contributed by atoms with van der Waals surface area (Å²) in [7, 11) is 0. The average Bonchev–Trinajstić information content (AvgIpc) is 3.63. The van der Waals surface area contributed by atoms with Crippen molar-refractivity contribution in [3.63, 3.8) is 0 Å². The number of piperazine rings is 1. The van der Waals surface area contributed by atoms with Crippen LogP contribution in [0.3, 0.4) is 0 Å². The predicted octanol–water partition coefficient (Wildman–Crippen LogP) is 3.55. The van der Waals surface area contributed by atoms with E-state index >= 15 is 0 Å². The van der Waals surface area contributed by atoms with Crippen LogP contribution in [0.5, 0.6) is 0 Å². The minimum atomic E-state index is -0.865. The summed E-state index contributed by atoms with van der Waals surface area (Å²) < 4.78 is 13.9. The molecule has 4 rings (SSSR count). The zero-order valence-corrected chi connectivity index (χ0v) is 18.1. The first kappa shape index (κ1) is 22.0. The summed E-state index contributed by atoms with van der Waals surface area (Å²) >= 11 is 6.40. The van der Waals surface area contributed by atoms with Crippen molar-refractivity contribution in [2.45, 2.75) is 18.9 Å². The van der Waals surface area contributed by atoms with Gasteiger partial charge in [0.25, 0.3) is 5.91 Å². The number of carbonyl (C=O) groups excluding carboxylic acids is 3. The van der Waals surface area contributed by atoms with Crippen LogP contribution in [-0.4, -0.2) is 47.2 Å². The third-order valence-electron chi connectivity index (χ3n) is 5.95. The molecule has 6 nitrogen and oxygen atoms in total. The minimum Gasteiger partial charge on any atom is -0.366 e. The standard InChI is InChI=1S/C24H23ClFN3O3/c1-2-22(30)29-8-7-28(24(32)14-3-4-14)13-21(29)17-9-16(10-18(25)11-17)15-5-6-20(26)19(12-15)23(27)31/h2,5-6,9-12,14,21H,1,3-4,7-8,13H2,(H2,27,31)/t21-/m0/s1. The van der Waals surface area contributed by atoms with Gasteiger partial charge in [-0.1, -0.05) is 24.2 Å². The van der Waals surface area contributed by atoms with E-state index in [4.69, 9.17) is 17.3 Å². The van der Waals surface area contributed by atoms with Crippen LogP contribution in [0.25, 0.3) is 11.1 Å². The molecule has 1 heterocycles. The molecule has 0 radical (unpaired) electrons. The number of hydrogen-bond acceptors (Lipinski definition) is 3. The van der Waals surface area contributed by atoms with E-state index < -0.39 is 17.8 Å². The van der Waals surface area contributed by atoms with E-state index in [1.807, 2.05) is 6.07 Å². The number of hydrogen-bond donors (Lipinski definition) is 1. The monoisotopic (exact) mass is 455 g/mol. The number of carbonyl (C=O) groups is 3. The Kier molecular flexibility index (Phi) is 6.02. The van der Waals surface area contributed by atoms with E-state index in [9.17, 15) is 18.8 Å². The van der Waals surface area contributed by atoms with Crippen molar-refractivity contribution >= 4 is 29.3 Å². The molecule has 0 bridgehead atoms. The maximum Gasteiger partial charge on any atom is 0.251 e. The van der Waals surface area contributed by atoms with E-state index in [1.165, 1.54) is 24.3 Å². The third-order valence-corrected chi connectivity index (χ3v) is 6.16. The van der Waals surface area contributed by atoms with Gasteiger partial charge < -0.3 is 15.5 Å². The first-order valence-electron chi connectivity index (χ1n) is 10.4. The van der Waals surface area contributed by atoms with Gasteiger partial charge >= 0.3 is 0 Å². The van der Waals surface area contributed by atoms with Gasteiger partial charge in [0.05, 0.1) is 11.6 Å². The maximum atomic E-state index is 13.9. The molecular weight excluding hydrogens is 433 g/mol. The quantitative estimate of drug-likeness (QED) is 0.700. The Labute approximate surface area is 190 Å². The topological polar surface area (TPSA) is 83.7 Å². The van der Waals surface area contributed by atoms with Crippen molar-refractivity contribution in [2.24, 2.45) is 11.7 Å². The Morgan fingerprint density at radius 1 is 1.09 bits per heavy atom. The van der Waals surface area contributed by atoms with E-state index in [2.05, 4.69) is 6.58 Å². The Morgan fingerprint density at radius 2 is 1.84 bits per heavy atom. The third kappa shape index (κ3) is 4.39. The highest BCUT2D eigenvalue weighted by Crippen LogP contribution is 2.36. The van der Waals surface area contributed by atoms with Gasteiger partial charge in [-0.05, 0) is 65.9 Å². The molecule has 1 aliphatic carbocycles. The Bertz CT molecular complexity index is 1120. The van der Waals surface area contributed by atoms with E-state index in [1.54, 1.807) is 21.9 Å². The van der Waals surface area contributed by atoms with Crippen LogP contribution in [0.2, 0.25) is 5.02 Å². The molecule has 1 saturated carbocycles. The molecule has 166 valence electrons. The molecule has 1 saturated heterocycles. The van der Waals surface area contributed by atoms with Crippen LogP contribution in [-0.2, 0) is 9.59 Å². The highest BCUT2D eigenvalue weighted by atomic mass is 35.5. The first-order valence-corrected chi connectivity index (χ1v) is 10.8. The fraction of sp³-hybridized carbons (Fsp3) is 0.292. The van der Waals surface area contributed by atoms with Crippen molar-refractivity contribution < 1.29 is 18.8 Å². The zero-order valence-electron chi connectivity index (χ0n) is 17.4. The molecule has 1 aliphatic heterocycles. The SMILES string of the molecule is C=CC(=O)N1CCN(C(=O)C2CC2)C[C@H]1c1cc(Cl)cc(-c2ccc(F)c(C(N)=O)c2)c1. The minimum absolute atomic E-state index is 0.0821. The lowest BCUT2D eigenvalue weighted by molar-refractivity contribution is -0.141. The first-order chi connectivity index (χ1) is 15.3. The molecule has 2 fully saturated rings. The second kappa shape index (κ2) is 8.74. The lowest BCUT2D eigenvalue weighted by Gasteiger charge is -2.41. The molecule has 2 aromatic rings. The van der Waals surface area contributed by atoms with E-state index in [0.29, 0.717) is 35.8 Å². The maximum absolute atomic E-state index is 13.9. The molecule has 0 unspecified atom stereocenters. The number of halogens is 2. The van der Waals surface area contributed by atoms with Gasteiger partial charge in [-0.25, -0.2) is 4.39 Å². The van der Waals surface area contributed by atoms with Gasteiger partial charge in [0.2, 0.25) is 11.8 Å². The molecule has 8 heteroatoms. The van der Waals surface area contributed by atoms with Gasteiger partial charge in [0, 0.05) is 30.6 Å². The number of rotatable bonds is 5. The van der Waals surface area contributed by atoms with Crippen LogP contribution in [0, 0.1) is 11.7 Å². The molecule has 0 aromatic heterocycles. The number of benzene rings is 2. The van der Waals surface area contributed by atoms with Gasteiger partial charge in [-0.2, -0.15) is 0 Å². The van der Waals surface area contributed by atoms with E-state index in [-0.39, 0.29) is 23.3 Å². The van der Waals surface area contributed by atoms with Gasteiger partial charge in [-0.15, -0.1) is 0 Å². The summed E-state index contributed by atoms with van der Waals surface area (Å²) in [5.74, 6) is -1.59. The second-order valence-electron chi connectivity index (χ2n) is 8.14. The summed E-state index contributed by atoms with van der Waals surface area (Å²) in [6.45, 7) is 4.81. The van der Waals surface area contributed by atoms with Crippen LogP contribution in [0.15, 0.2) is 49.1 Å². The zero-order chi connectivity index (χ0) is 23.0. The molecule has 0 spiro atoms. The summed E-state index contributed by atoms with van der Waals surface area (Å²) in [5.41, 5.74) is 7.01. The van der Waals surface area contributed by atoms with Crippen LogP contribution in [0.4, 0.5) is 4.39 Å². The van der Waals surface area contributed by atoms with Crippen molar-refractivity contribution in [1.82, 2.24) is 9.80 Å². The van der Waals surface area contributed by atoms with Crippen molar-refractivity contribution in [3.05, 3.63) is 71.0 Å². The Morgan fingerprint density at radius 3 is 2.50 bits per heavy atom. The summed E-state index contributed by atoms with van der Waals surface area (Å²) in [5, 5.41) is 0.416. The number of nitrogens with zero attached hydrogens (tertiary/aromatic N) is 2. The summed E-state index contributed by atoms with van der Waals surface area (Å²) in [6, 6.07) is 8.97. The lowest BCUT2D eigenvalue weighted by Crippen LogP contribution is -2.52. The number of nitrogens with two attached hydrogens (primary N) is 1. The Balaban J connectivity index is 1.73. The summed E-state index contributed by atoms with van der Waals surface area (Å²) in [4.78, 5) is 40.3. The second-order valence-corrected chi connectivity index (χ2v) is 8.58.